The number of thiophene rings is 1. The van der Waals surface area contributed by atoms with E-state index in [9.17, 15) is 14.4 Å². The van der Waals surface area contributed by atoms with Gasteiger partial charge in [0.25, 0.3) is 5.91 Å². The highest BCUT2D eigenvalue weighted by Gasteiger charge is 2.72. The summed E-state index contributed by atoms with van der Waals surface area (Å²) >= 11 is 2.81. The summed E-state index contributed by atoms with van der Waals surface area (Å²) in [6.07, 6.45) is -0.702. The van der Waals surface area contributed by atoms with Gasteiger partial charge in [-0.25, -0.2) is 9.59 Å². The molecular formula is C24H28N2O6S2. The normalized spacial score (nSPS) is 24.2. The van der Waals surface area contributed by atoms with Gasteiger partial charge in [-0.05, 0) is 49.9 Å². The van der Waals surface area contributed by atoms with Crippen LogP contribution in [0.3, 0.4) is 0 Å². The first-order valence-electron chi connectivity index (χ1n) is 10.8. The van der Waals surface area contributed by atoms with Gasteiger partial charge in [0.05, 0.1) is 14.2 Å². The molecule has 4 rings (SSSR count). The number of β-lactam (4-membered cyclic amide) rings is 1. The van der Waals surface area contributed by atoms with Crippen LogP contribution in [-0.2, 0) is 25.6 Å². The first-order valence-corrected chi connectivity index (χ1v) is 12.7. The van der Waals surface area contributed by atoms with E-state index in [1.807, 2.05) is 41.8 Å². The molecule has 3 atom stereocenters. The Kier molecular flexibility index (Phi) is 6.56. The van der Waals surface area contributed by atoms with Crippen molar-refractivity contribution >= 4 is 41.1 Å². The highest BCUT2D eigenvalue weighted by molar-refractivity contribution is 8.01. The minimum Gasteiger partial charge on any atom is -0.497 e. The van der Waals surface area contributed by atoms with Crippen molar-refractivity contribution in [1.82, 2.24) is 9.80 Å². The van der Waals surface area contributed by atoms with E-state index >= 15 is 0 Å². The van der Waals surface area contributed by atoms with Crippen molar-refractivity contribution in [3.05, 3.63) is 52.2 Å². The molecule has 182 valence electrons. The average molecular weight is 505 g/mol. The Morgan fingerprint density at radius 1 is 1.15 bits per heavy atom. The average Bonchev–Trinajstić information content (AvgIpc) is 3.47. The van der Waals surface area contributed by atoms with Gasteiger partial charge in [0.15, 0.2) is 4.87 Å². The molecule has 34 heavy (non-hydrogen) atoms. The lowest BCUT2D eigenvalue weighted by molar-refractivity contribution is -0.169. The molecule has 1 spiro atoms. The summed E-state index contributed by atoms with van der Waals surface area (Å²) in [4.78, 5) is 42.6. The summed E-state index contributed by atoms with van der Waals surface area (Å²) < 4.78 is 15.9. The summed E-state index contributed by atoms with van der Waals surface area (Å²) in [5, 5.41) is 1.94. The van der Waals surface area contributed by atoms with Gasteiger partial charge in [-0.2, -0.15) is 0 Å². The van der Waals surface area contributed by atoms with Crippen molar-refractivity contribution in [3.63, 3.8) is 0 Å². The number of nitrogens with zero attached hydrogens (tertiary/aromatic N) is 2. The van der Waals surface area contributed by atoms with E-state index in [1.165, 1.54) is 35.1 Å². The summed E-state index contributed by atoms with van der Waals surface area (Å²) in [6, 6.07) is 10.0. The SMILES string of the molecule is COC(=O)[C@@H]1CS[C@]2(C(=O)N(Cc3ccc(OC)cc3)[C@@H]2c2cccs2)N1C(=O)OC(C)(C)C. The monoisotopic (exact) mass is 504 g/mol. The van der Waals surface area contributed by atoms with Crippen LogP contribution < -0.4 is 4.74 Å². The molecule has 2 saturated heterocycles. The predicted molar refractivity (Wildman–Crippen MR) is 130 cm³/mol. The highest BCUT2D eigenvalue weighted by atomic mass is 32.2. The number of benzene rings is 1. The second kappa shape index (κ2) is 9.14. The van der Waals surface area contributed by atoms with Gasteiger partial charge in [0.1, 0.15) is 23.4 Å². The van der Waals surface area contributed by atoms with Crippen molar-refractivity contribution in [2.45, 2.75) is 49.9 Å². The van der Waals surface area contributed by atoms with Crippen LogP contribution in [-0.4, -0.2) is 64.3 Å². The Balaban J connectivity index is 1.73. The van der Waals surface area contributed by atoms with Crippen LogP contribution in [0.4, 0.5) is 4.79 Å². The number of hydrogen-bond acceptors (Lipinski definition) is 8. The number of likely N-dealkylation sites (tertiary alicyclic amines) is 1. The zero-order chi connectivity index (χ0) is 24.7. The van der Waals surface area contributed by atoms with E-state index in [2.05, 4.69) is 0 Å². The first kappa shape index (κ1) is 24.4. The molecule has 3 heterocycles. The van der Waals surface area contributed by atoms with Crippen LogP contribution in [0.2, 0.25) is 0 Å². The third-order valence-corrected chi connectivity index (χ3v) is 8.21. The summed E-state index contributed by atoms with van der Waals surface area (Å²) in [7, 11) is 2.88. The number of rotatable bonds is 5. The highest BCUT2D eigenvalue weighted by Crippen LogP contribution is 2.59. The van der Waals surface area contributed by atoms with Crippen molar-refractivity contribution < 1.29 is 28.6 Å². The quantitative estimate of drug-likeness (QED) is 0.448. The topological polar surface area (TPSA) is 85.4 Å². The fraction of sp³-hybridized carbons (Fsp3) is 0.458. The third kappa shape index (κ3) is 4.13. The Morgan fingerprint density at radius 2 is 1.85 bits per heavy atom. The van der Waals surface area contributed by atoms with Gasteiger partial charge in [-0.15, -0.1) is 23.1 Å². The van der Waals surface area contributed by atoms with Crippen molar-refractivity contribution in [2.24, 2.45) is 0 Å². The lowest BCUT2D eigenvalue weighted by atomic mass is 9.89. The van der Waals surface area contributed by atoms with Crippen molar-refractivity contribution in [2.75, 3.05) is 20.0 Å². The van der Waals surface area contributed by atoms with Gasteiger partial charge < -0.3 is 19.1 Å². The van der Waals surface area contributed by atoms with E-state index in [1.54, 1.807) is 32.8 Å². The smallest absolute Gasteiger partial charge is 0.412 e. The van der Waals surface area contributed by atoms with Gasteiger partial charge in [0.2, 0.25) is 0 Å². The van der Waals surface area contributed by atoms with Crippen LogP contribution in [0.1, 0.15) is 37.3 Å². The molecular weight excluding hydrogens is 476 g/mol. The Bertz CT molecular complexity index is 1070. The number of methoxy groups -OCH3 is 2. The van der Waals surface area contributed by atoms with E-state index in [0.717, 1.165) is 16.2 Å². The molecule has 2 amide bonds. The number of hydrogen-bond donors (Lipinski definition) is 0. The summed E-state index contributed by atoms with van der Waals surface area (Å²) in [5.41, 5.74) is 0.141. The van der Waals surface area contributed by atoms with E-state index in [4.69, 9.17) is 14.2 Å². The van der Waals surface area contributed by atoms with E-state index < -0.39 is 34.6 Å². The van der Waals surface area contributed by atoms with Crippen LogP contribution in [0.15, 0.2) is 41.8 Å². The molecule has 2 aliphatic heterocycles. The Morgan fingerprint density at radius 3 is 2.41 bits per heavy atom. The second-order valence-electron chi connectivity index (χ2n) is 9.10. The lowest BCUT2D eigenvalue weighted by Crippen LogP contribution is -2.73. The molecule has 2 fully saturated rings. The first-order chi connectivity index (χ1) is 16.1. The molecule has 8 nitrogen and oxygen atoms in total. The van der Waals surface area contributed by atoms with E-state index in [0.29, 0.717) is 6.54 Å². The zero-order valence-corrected chi connectivity index (χ0v) is 21.4. The fourth-order valence-corrected chi connectivity index (χ4v) is 6.97. The molecule has 1 aromatic carbocycles. The van der Waals surface area contributed by atoms with Gasteiger partial charge in [0, 0.05) is 17.2 Å². The molecule has 2 aliphatic rings. The minimum atomic E-state index is -1.28. The number of ether oxygens (including phenoxy) is 3. The molecule has 10 heteroatoms. The van der Waals surface area contributed by atoms with Crippen LogP contribution in [0.25, 0.3) is 0 Å². The summed E-state index contributed by atoms with van der Waals surface area (Å²) in [6.45, 7) is 5.62. The number of carbonyl (C=O) groups is 3. The number of carbonyl (C=O) groups excluding carboxylic acids is 3. The van der Waals surface area contributed by atoms with Gasteiger partial charge >= 0.3 is 12.1 Å². The van der Waals surface area contributed by atoms with Crippen LogP contribution in [0.5, 0.6) is 5.75 Å². The molecule has 0 saturated carbocycles. The standard InChI is InChI=1S/C24H28N2O6S2/c1-23(2,3)32-22(29)26-17(20(27)31-5)14-34-24(26)19(18-7-6-12-33-18)25(21(24)28)13-15-8-10-16(30-4)11-9-15/h6-12,17,19H,13-14H2,1-5H3/t17-,19+,24+/m0/s1. The van der Waals surface area contributed by atoms with Crippen molar-refractivity contribution in [1.29, 1.82) is 0 Å². The largest absolute Gasteiger partial charge is 0.497 e. The lowest BCUT2D eigenvalue weighted by Gasteiger charge is -2.56. The maximum Gasteiger partial charge on any atom is 0.412 e. The van der Waals surface area contributed by atoms with Gasteiger partial charge in [-0.3, -0.25) is 9.69 Å². The molecule has 2 aromatic rings. The minimum absolute atomic E-state index is 0.232. The summed E-state index contributed by atoms with van der Waals surface area (Å²) in [5.74, 6) is 0.175. The zero-order valence-electron chi connectivity index (χ0n) is 19.8. The molecule has 1 aromatic heterocycles. The molecule has 0 N–H and O–H groups in total. The molecule has 0 unspecified atom stereocenters. The second-order valence-corrected chi connectivity index (χ2v) is 11.3. The molecule has 0 aliphatic carbocycles. The maximum atomic E-state index is 13.8. The van der Waals surface area contributed by atoms with E-state index in [-0.39, 0.29) is 11.7 Å². The van der Waals surface area contributed by atoms with Crippen LogP contribution in [0, 0.1) is 0 Å². The number of thioether (sulfide) groups is 1. The van der Waals surface area contributed by atoms with Gasteiger partial charge in [-0.1, -0.05) is 18.2 Å². The van der Waals surface area contributed by atoms with Crippen molar-refractivity contribution in [3.8, 4) is 5.75 Å². The Hall–Kier alpha value is -2.72. The maximum absolute atomic E-state index is 13.8. The molecule has 0 bridgehead atoms. The Labute approximate surface area is 207 Å². The third-order valence-electron chi connectivity index (χ3n) is 5.77. The fourth-order valence-electron chi connectivity index (χ4n) is 4.31. The predicted octanol–water partition coefficient (Wildman–Crippen LogP) is 4.06. The molecule has 0 radical (unpaired) electrons. The number of amides is 2. The van der Waals surface area contributed by atoms with Crippen LogP contribution >= 0.6 is 23.1 Å². The number of esters is 1.